The summed E-state index contributed by atoms with van der Waals surface area (Å²) in [5, 5.41) is 23.6. The number of fused-ring (bicyclic) bond motifs is 3. The van der Waals surface area contributed by atoms with Crippen LogP contribution in [0.25, 0.3) is 0 Å². The SMILES string of the molecule is COc1ccccc1C(=O)NCC[N+]12CCC(CC1)[C@@H](OC(=O)C(O)(c1ccccc1)c1ccccc1)C2.O=C([O-])C(F)(F)F. The molecule has 1 amide bonds. The Hall–Kier alpha value is -4.42. The van der Waals surface area contributed by atoms with Crippen LogP contribution in [0.15, 0.2) is 84.9 Å². The number of nitrogens with one attached hydrogen (secondary N) is 1. The maximum Gasteiger partial charge on any atom is 0.430 e. The molecule has 3 aromatic rings. The van der Waals surface area contributed by atoms with E-state index in [0.29, 0.717) is 35.5 Å². The molecule has 0 saturated carbocycles. The molecule has 1 atom stereocenters. The molecule has 12 heteroatoms. The Morgan fingerprint density at radius 3 is 1.93 bits per heavy atom. The van der Waals surface area contributed by atoms with Crippen molar-refractivity contribution in [2.75, 3.05) is 39.8 Å². The minimum atomic E-state index is -5.19. The van der Waals surface area contributed by atoms with Gasteiger partial charge in [0.15, 0.2) is 6.10 Å². The first-order valence-electron chi connectivity index (χ1n) is 14.5. The van der Waals surface area contributed by atoms with Gasteiger partial charge in [0.05, 0.1) is 38.9 Å². The molecule has 0 aliphatic carbocycles. The number of methoxy groups -OCH3 is 1. The van der Waals surface area contributed by atoms with Crippen molar-refractivity contribution >= 4 is 17.8 Å². The molecule has 6 rings (SSSR count). The second kappa shape index (κ2) is 14.1. The van der Waals surface area contributed by atoms with Crippen LogP contribution in [-0.4, -0.2) is 79.5 Å². The van der Waals surface area contributed by atoms with E-state index in [-0.39, 0.29) is 17.9 Å². The van der Waals surface area contributed by atoms with E-state index in [2.05, 4.69) is 5.32 Å². The number of alkyl halides is 3. The number of benzene rings is 3. The number of rotatable bonds is 9. The zero-order valence-corrected chi connectivity index (χ0v) is 24.7. The first kappa shape index (κ1) is 33.5. The molecular formula is C33H35F3N2O7. The fourth-order valence-electron chi connectivity index (χ4n) is 5.99. The lowest BCUT2D eigenvalue weighted by atomic mass is 9.82. The average molecular weight is 629 g/mol. The van der Waals surface area contributed by atoms with E-state index in [1.54, 1.807) is 43.5 Å². The molecule has 240 valence electrons. The molecule has 3 aliphatic rings. The van der Waals surface area contributed by atoms with Gasteiger partial charge in [0.25, 0.3) is 5.91 Å². The fraction of sp³-hybridized carbons (Fsp3) is 0.364. The Morgan fingerprint density at radius 2 is 1.42 bits per heavy atom. The van der Waals surface area contributed by atoms with Gasteiger partial charge < -0.3 is 34.3 Å². The average Bonchev–Trinajstić information content (AvgIpc) is 3.05. The number of para-hydroxylation sites is 1. The Morgan fingerprint density at radius 1 is 0.911 bits per heavy atom. The van der Waals surface area contributed by atoms with Gasteiger partial charge in [-0.3, -0.25) is 4.79 Å². The minimum absolute atomic E-state index is 0.161. The summed E-state index contributed by atoms with van der Waals surface area (Å²) in [6, 6.07) is 25.1. The van der Waals surface area contributed by atoms with E-state index in [1.807, 2.05) is 48.5 Å². The summed E-state index contributed by atoms with van der Waals surface area (Å²) in [4.78, 5) is 35.2. The number of nitrogens with zero attached hydrogens (tertiary/aromatic N) is 1. The lowest BCUT2D eigenvalue weighted by Crippen LogP contribution is -2.66. The van der Waals surface area contributed by atoms with E-state index in [1.165, 1.54) is 0 Å². The maximum atomic E-state index is 13.7. The van der Waals surface area contributed by atoms with E-state index in [0.717, 1.165) is 37.0 Å². The number of carboxylic acid groups (broad SMARTS) is 1. The third-order valence-electron chi connectivity index (χ3n) is 8.43. The van der Waals surface area contributed by atoms with Gasteiger partial charge in [-0.15, -0.1) is 0 Å². The third-order valence-corrected chi connectivity index (χ3v) is 8.43. The van der Waals surface area contributed by atoms with Crippen molar-refractivity contribution in [3.8, 4) is 5.75 Å². The highest BCUT2D eigenvalue weighted by Gasteiger charge is 2.50. The quantitative estimate of drug-likeness (QED) is 0.276. The Bertz CT molecular complexity index is 1420. The lowest BCUT2D eigenvalue weighted by Gasteiger charge is -2.52. The van der Waals surface area contributed by atoms with E-state index < -0.39 is 23.7 Å². The Balaban J connectivity index is 0.000000591. The van der Waals surface area contributed by atoms with Gasteiger partial charge in [-0.25, -0.2) is 4.79 Å². The summed E-state index contributed by atoms with van der Waals surface area (Å²) < 4.78 is 43.8. The summed E-state index contributed by atoms with van der Waals surface area (Å²) in [5.74, 6) is -2.99. The van der Waals surface area contributed by atoms with Crippen LogP contribution in [0.3, 0.4) is 0 Å². The molecule has 0 unspecified atom stereocenters. The zero-order chi connectivity index (χ0) is 32.7. The molecule has 0 radical (unpaired) electrons. The molecule has 45 heavy (non-hydrogen) atoms. The van der Waals surface area contributed by atoms with Crippen molar-refractivity contribution in [2.45, 2.75) is 30.7 Å². The van der Waals surface area contributed by atoms with Crippen molar-refractivity contribution in [3.05, 3.63) is 102 Å². The minimum Gasteiger partial charge on any atom is -0.542 e. The summed E-state index contributed by atoms with van der Waals surface area (Å²) >= 11 is 0. The number of hydrogen-bond acceptors (Lipinski definition) is 7. The molecule has 9 nitrogen and oxygen atoms in total. The third kappa shape index (κ3) is 7.81. The highest BCUT2D eigenvalue weighted by molar-refractivity contribution is 5.96. The van der Waals surface area contributed by atoms with Crippen LogP contribution in [0.5, 0.6) is 5.75 Å². The maximum absolute atomic E-state index is 13.7. The Kier molecular flexibility index (Phi) is 10.5. The number of aliphatic carboxylic acids is 1. The normalized spacial score (nSPS) is 20.7. The molecule has 3 aromatic carbocycles. The number of amides is 1. The number of halogens is 3. The number of hydrogen-bond donors (Lipinski definition) is 2. The number of quaternary nitrogens is 1. The monoisotopic (exact) mass is 628 g/mol. The molecule has 3 aliphatic heterocycles. The van der Waals surface area contributed by atoms with Crippen LogP contribution in [0.4, 0.5) is 13.2 Å². The molecule has 3 heterocycles. The van der Waals surface area contributed by atoms with Crippen LogP contribution >= 0.6 is 0 Å². The second-order valence-corrected chi connectivity index (χ2v) is 11.2. The van der Waals surface area contributed by atoms with Crippen molar-refractivity contribution < 1.29 is 51.7 Å². The topological polar surface area (TPSA) is 125 Å². The van der Waals surface area contributed by atoms with Gasteiger partial charge in [0.1, 0.15) is 18.3 Å². The predicted octanol–water partition coefficient (Wildman–Crippen LogP) is 2.81. The van der Waals surface area contributed by atoms with Crippen LogP contribution in [0, 0.1) is 5.92 Å². The van der Waals surface area contributed by atoms with Gasteiger partial charge in [-0.2, -0.15) is 13.2 Å². The van der Waals surface area contributed by atoms with Gasteiger partial charge in [0, 0.05) is 18.8 Å². The van der Waals surface area contributed by atoms with Crippen LogP contribution in [-0.2, 0) is 19.9 Å². The van der Waals surface area contributed by atoms with E-state index in [4.69, 9.17) is 19.4 Å². The van der Waals surface area contributed by atoms with Gasteiger partial charge in [0.2, 0.25) is 5.60 Å². The fourth-order valence-corrected chi connectivity index (χ4v) is 5.99. The number of ether oxygens (including phenoxy) is 2. The smallest absolute Gasteiger partial charge is 0.430 e. The van der Waals surface area contributed by atoms with Crippen molar-refractivity contribution in [1.82, 2.24) is 5.32 Å². The molecule has 0 aromatic heterocycles. The molecule has 0 spiro atoms. The van der Waals surface area contributed by atoms with Gasteiger partial charge >= 0.3 is 12.1 Å². The molecule has 3 fully saturated rings. The summed E-state index contributed by atoms with van der Waals surface area (Å²) in [5.41, 5.74) is -0.400. The number of piperidine rings is 3. The summed E-state index contributed by atoms with van der Waals surface area (Å²) in [7, 11) is 1.56. The van der Waals surface area contributed by atoms with E-state index in [9.17, 15) is 27.9 Å². The molecular weight excluding hydrogens is 593 g/mol. The summed E-state index contributed by atoms with van der Waals surface area (Å²) in [6.45, 7) is 3.93. The van der Waals surface area contributed by atoms with Crippen molar-refractivity contribution in [2.24, 2.45) is 5.92 Å². The Labute approximate surface area is 258 Å². The van der Waals surface area contributed by atoms with Gasteiger partial charge in [-0.05, 0) is 23.3 Å². The predicted molar refractivity (Wildman–Crippen MR) is 155 cm³/mol. The standard InChI is InChI=1S/C31H34N2O5.C2HF3O2/c1-37-27-15-9-8-14-26(27)29(34)32-18-21-33-19-16-23(17-20-33)28(22-33)38-30(35)31(36,24-10-4-2-5-11-24)25-12-6-3-7-13-25;3-2(4,5)1(6)7/h2-15,23,28,36H,16-22H2,1H3;(H,6,7)/t23?,28-,33?;/m0./s1. The molecule has 2 bridgehead atoms. The number of carbonyl (C=O) groups is 3. The van der Waals surface area contributed by atoms with Crippen molar-refractivity contribution in [3.63, 3.8) is 0 Å². The number of aliphatic hydroxyl groups is 1. The van der Waals surface area contributed by atoms with Crippen LogP contribution in [0.2, 0.25) is 0 Å². The van der Waals surface area contributed by atoms with Gasteiger partial charge in [-0.1, -0.05) is 72.8 Å². The summed E-state index contributed by atoms with van der Waals surface area (Å²) in [6.07, 6.45) is -3.57. The molecule has 3 saturated heterocycles. The van der Waals surface area contributed by atoms with E-state index >= 15 is 0 Å². The number of carboxylic acids is 1. The van der Waals surface area contributed by atoms with Crippen LogP contribution < -0.4 is 15.2 Å². The highest BCUT2D eigenvalue weighted by atomic mass is 19.4. The first-order valence-corrected chi connectivity index (χ1v) is 14.5. The highest BCUT2D eigenvalue weighted by Crippen LogP contribution is 2.38. The number of esters is 1. The molecule has 2 N–H and O–H groups in total. The number of carbonyl (C=O) groups excluding carboxylic acids is 3. The van der Waals surface area contributed by atoms with Crippen LogP contribution in [0.1, 0.15) is 34.3 Å². The largest absolute Gasteiger partial charge is 0.542 e. The van der Waals surface area contributed by atoms with Crippen molar-refractivity contribution in [1.29, 1.82) is 0 Å². The second-order valence-electron chi connectivity index (χ2n) is 11.2. The zero-order valence-electron chi connectivity index (χ0n) is 24.7. The first-order chi connectivity index (χ1) is 21.4. The lowest BCUT2D eigenvalue weighted by molar-refractivity contribution is -0.945.